The van der Waals surface area contributed by atoms with Crippen molar-refractivity contribution >= 4 is 40.2 Å². The number of hydrogen-bond donors (Lipinski definition) is 3. The molecular formula is C21H24N6O2. The van der Waals surface area contributed by atoms with Crippen molar-refractivity contribution in [2.75, 3.05) is 36.6 Å². The number of benzene rings is 2. The fraction of sp³-hybridized carbons (Fsp3) is 0.238. The van der Waals surface area contributed by atoms with Gasteiger partial charge in [-0.05, 0) is 29.8 Å². The predicted octanol–water partition coefficient (Wildman–Crippen LogP) is 3.47. The van der Waals surface area contributed by atoms with E-state index in [1.54, 1.807) is 20.2 Å². The second-order valence-electron chi connectivity index (χ2n) is 6.82. The highest BCUT2D eigenvalue weighted by molar-refractivity contribution is 6.00. The van der Waals surface area contributed by atoms with Gasteiger partial charge in [0, 0.05) is 44.5 Å². The predicted molar refractivity (Wildman–Crippen MR) is 115 cm³/mol. The molecule has 0 aliphatic heterocycles. The second-order valence-corrected chi connectivity index (χ2v) is 6.82. The van der Waals surface area contributed by atoms with Gasteiger partial charge in [-0.15, -0.1) is 0 Å². The minimum Gasteiger partial charge on any atom is -0.369 e. The first-order chi connectivity index (χ1) is 13.9. The number of nitrogens with zero attached hydrogens (tertiary/aromatic N) is 3. The standard InChI is InChI=1S/C21H24N6O2/c1-14-12-18(22-11-10-19(28)27(2)3)25-20(23-14)26-21(29)24-17-9-8-15-6-4-5-7-16(15)13-17/h4-9,12-13H,10-11H2,1-3H3,(H3,22,23,24,25,26,29). The Labute approximate surface area is 169 Å². The van der Waals surface area contributed by atoms with Gasteiger partial charge in [-0.2, -0.15) is 4.98 Å². The van der Waals surface area contributed by atoms with Gasteiger partial charge in [0.25, 0.3) is 0 Å². The summed E-state index contributed by atoms with van der Waals surface area (Å²) in [5.41, 5.74) is 1.37. The molecule has 0 bridgehead atoms. The molecule has 1 heterocycles. The molecule has 8 nitrogen and oxygen atoms in total. The van der Waals surface area contributed by atoms with E-state index in [1.165, 1.54) is 4.90 Å². The fourth-order valence-corrected chi connectivity index (χ4v) is 2.77. The number of fused-ring (bicyclic) bond motifs is 1. The third kappa shape index (κ3) is 5.65. The lowest BCUT2D eigenvalue weighted by Crippen LogP contribution is -2.24. The minimum absolute atomic E-state index is 0.0244. The largest absolute Gasteiger partial charge is 0.369 e. The summed E-state index contributed by atoms with van der Waals surface area (Å²) in [6.07, 6.45) is 0.348. The Hall–Kier alpha value is -3.68. The Morgan fingerprint density at radius 3 is 2.48 bits per heavy atom. The Morgan fingerprint density at radius 1 is 0.966 bits per heavy atom. The van der Waals surface area contributed by atoms with Gasteiger partial charge in [-0.1, -0.05) is 30.3 Å². The fourth-order valence-electron chi connectivity index (χ4n) is 2.77. The molecule has 8 heteroatoms. The minimum atomic E-state index is -0.431. The number of rotatable bonds is 6. The number of aryl methyl sites for hydroxylation is 1. The van der Waals surface area contributed by atoms with Crippen molar-refractivity contribution in [3.05, 3.63) is 54.2 Å². The third-order valence-electron chi connectivity index (χ3n) is 4.23. The molecule has 3 aromatic rings. The summed E-state index contributed by atoms with van der Waals surface area (Å²) >= 11 is 0. The molecule has 0 unspecified atom stereocenters. The average Bonchev–Trinajstić information content (AvgIpc) is 2.67. The van der Waals surface area contributed by atoms with Crippen LogP contribution in [0.2, 0.25) is 0 Å². The van der Waals surface area contributed by atoms with E-state index in [-0.39, 0.29) is 11.9 Å². The molecule has 3 N–H and O–H groups in total. The maximum Gasteiger partial charge on any atom is 0.326 e. The van der Waals surface area contributed by atoms with E-state index in [1.807, 2.05) is 49.4 Å². The number of carbonyl (C=O) groups excluding carboxylic acids is 2. The van der Waals surface area contributed by atoms with Crippen molar-refractivity contribution in [1.29, 1.82) is 0 Å². The number of carbonyl (C=O) groups is 2. The normalized spacial score (nSPS) is 10.4. The third-order valence-corrected chi connectivity index (χ3v) is 4.23. The summed E-state index contributed by atoms with van der Waals surface area (Å²) in [5.74, 6) is 0.756. The Morgan fingerprint density at radius 2 is 1.72 bits per heavy atom. The van der Waals surface area contributed by atoms with Gasteiger partial charge < -0.3 is 15.5 Å². The molecule has 2 aromatic carbocycles. The summed E-state index contributed by atoms with van der Waals surface area (Å²) in [6, 6.07) is 14.9. The van der Waals surface area contributed by atoms with E-state index in [9.17, 15) is 9.59 Å². The van der Waals surface area contributed by atoms with Crippen molar-refractivity contribution < 1.29 is 9.59 Å². The molecule has 0 radical (unpaired) electrons. The van der Waals surface area contributed by atoms with Gasteiger partial charge in [0.2, 0.25) is 11.9 Å². The molecule has 1 aromatic heterocycles. The van der Waals surface area contributed by atoms with Crippen LogP contribution in [-0.4, -0.2) is 47.4 Å². The summed E-state index contributed by atoms with van der Waals surface area (Å²) in [5, 5.41) is 10.7. The first-order valence-electron chi connectivity index (χ1n) is 9.27. The lowest BCUT2D eigenvalue weighted by molar-refractivity contribution is -0.128. The van der Waals surface area contributed by atoms with Gasteiger partial charge in [0.15, 0.2) is 0 Å². The Balaban J connectivity index is 1.61. The zero-order chi connectivity index (χ0) is 20.8. The van der Waals surface area contributed by atoms with Gasteiger partial charge in [0.1, 0.15) is 5.82 Å². The van der Waals surface area contributed by atoms with E-state index in [0.29, 0.717) is 30.2 Å². The van der Waals surface area contributed by atoms with Crippen LogP contribution in [-0.2, 0) is 4.79 Å². The number of urea groups is 1. The molecule has 0 aliphatic carbocycles. The smallest absolute Gasteiger partial charge is 0.326 e. The van der Waals surface area contributed by atoms with Crippen LogP contribution in [0, 0.1) is 6.92 Å². The van der Waals surface area contributed by atoms with E-state index < -0.39 is 6.03 Å². The van der Waals surface area contributed by atoms with Crippen molar-refractivity contribution in [3.8, 4) is 0 Å². The monoisotopic (exact) mass is 392 g/mol. The molecule has 0 atom stereocenters. The van der Waals surface area contributed by atoms with Crippen molar-refractivity contribution in [1.82, 2.24) is 14.9 Å². The van der Waals surface area contributed by atoms with Gasteiger partial charge in [-0.3, -0.25) is 10.1 Å². The summed E-state index contributed by atoms with van der Waals surface area (Å²) in [6.45, 7) is 2.25. The molecule has 3 amide bonds. The molecule has 0 fully saturated rings. The first-order valence-corrected chi connectivity index (χ1v) is 9.27. The highest BCUT2D eigenvalue weighted by Gasteiger charge is 2.09. The molecule has 0 saturated heterocycles. The van der Waals surface area contributed by atoms with Crippen LogP contribution in [0.5, 0.6) is 0 Å². The molecule has 0 aliphatic rings. The molecule has 29 heavy (non-hydrogen) atoms. The topological polar surface area (TPSA) is 99.3 Å². The molecular weight excluding hydrogens is 368 g/mol. The molecule has 150 valence electrons. The Kier molecular flexibility index (Phi) is 6.23. The number of hydrogen-bond acceptors (Lipinski definition) is 5. The van der Waals surface area contributed by atoms with Crippen LogP contribution in [0.15, 0.2) is 48.5 Å². The van der Waals surface area contributed by atoms with Crippen molar-refractivity contribution in [2.24, 2.45) is 0 Å². The highest BCUT2D eigenvalue weighted by atomic mass is 16.2. The van der Waals surface area contributed by atoms with Gasteiger partial charge in [0.05, 0.1) is 0 Å². The lowest BCUT2D eigenvalue weighted by atomic mass is 10.1. The molecule has 3 rings (SSSR count). The summed E-state index contributed by atoms with van der Waals surface area (Å²) < 4.78 is 0. The van der Waals surface area contributed by atoms with Crippen molar-refractivity contribution in [2.45, 2.75) is 13.3 Å². The SMILES string of the molecule is Cc1cc(NCCC(=O)N(C)C)nc(NC(=O)Nc2ccc3ccccc3c2)n1. The number of nitrogens with one attached hydrogen (secondary N) is 3. The number of aromatic nitrogens is 2. The average molecular weight is 392 g/mol. The van der Waals surface area contributed by atoms with Gasteiger partial charge in [-0.25, -0.2) is 9.78 Å². The highest BCUT2D eigenvalue weighted by Crippen LogP contribution is 2.19. The lowest BCUT2D eigenvalue weighted by Gasteiger charge is -2.12. The first kappa shape index (κ1) is 20.1. The van der Waals surface area contributed by atoms with E-state index in [0.717, 1.165) is 10.8 Å². The molecule has 0 saturated carbocycles. The zero-order valence-electron chi connectivity index (χ0n) is 16.7. The van der Waals surface area contributed by atoms with Crippen molar-refractivity contribution in [3.63, 3.8) is 0 Å². The van der Waals surface area contributed by atoms with Crippen LogP contribution in [0.1, 0.15) is 12.1 Å². The number of amides is 3. The molecule has 0 spiro atoms. The summed E-state index contributed by atoms with van der Waals surface area (Å²) in [4.78, 5) is 34.1. The van der Waals surface area contributed by atoms with E-state index >= 15 is 0 Å². The van der Waals surface area contributed by atoms with Crippen LogP contribution < -0.4 is 16.0 Å². The van der Waals surface area contributed by atoms with E-state index in [2.05, 4.69) is 25.9 Å². The quantitative estimate of drug-likeness (QED) is 0.596. The van der Waals surface area contributed by atoms with Crippen LogP contribution in [0.3, 0.4) is 0 Å². The second kappa shape index (κ2) is 9.01. The van der Waals surface area contributed by atoms with Crippen LogP contribution in [0.25, 0.3) is 10.8 Å². The van der Waals surface area contributed by atoms with Crippen LogP contribution in [0.4, 0.5) is 22.2 Å². The van der Waals surface area contributed by atoms with Gasteiger partial charge >= 0.3 is 6.03 Å². The number of anilines is 3. The Bertz CT molecular complexity index is 1030. The maximum atomic E-state index is 12.3. The summed E-state index contributed by atoms with van der Waals surface area (Å²) in [7, 11) is 3.43. The maximum absolute atomic E-state index is 12.3. The van der Waals surface area contributed by atoms with E-state index in [4.69, 9.17) is 0 Å². The zero-order valence-corrected chi connectivity index (χ0v) is 16.7. The van der Waals surface area contributed by atoms with Crippen LogP contribution >= 0.6 is 0 Å².